The minimum atomic E-state index is -3.95. The van der Waals surface area contributed by atoms with E-state index in [0.29, 0.717) is 10.6 Å². The number of ether oxygens (including phenoxy) is 1. The van der Waals surface area contributed by atoms with Crippen LogP contribution >= 0.6 is 0 Å². The molecule has 11 heteroatoms. The van der Waals surface area contributed by atoms with Crippen LogP contribution in [-0.4, -0.2) is 53.9 Å². The van der Waals surface area contributed by atoms with Crippen molar-refractivity contribution in [2.24, 2.45) is 0 Å². The Labute approximate surface area is 182 Å². The van der Waals surface area contributed by atoms with Crippen LogP contribution in [0.25, 0.3) is 6.08 Å². The van der Waals surface area contributed by atoms with Crippen LogP contribution < -0.4 is 34.7 Å². The van der Waals surface area contributed by atoms with E-state index in [2.05, 4.69) is 11.6 Å². The number of β-lactam (4-membered cyclic amide) rings is 1. The predicted octanol–water partition coefficient (Wildman–Crippen LogP) is -4.20. The zero-order valence-electron chi connectivity index (χ0n) is 14.8. The van der Waals surface area contributed by atoms with Crippen LogP contribution in [-0.2, 0) is 29.0 Å². The van der Waals surface area contributed by atoms with Crippen molar-refractivity contribution in [3.8, 4) is 0 Å². The van der Waals surface area contributed by atoms with Crippen molar-refractivity contribution < 1.29 is 62.2 Å². The molecule has 0 bridgehead atoms. The molecule has 2 aliphatic rings. The second-order valence-electron chi connectivity index (χ2n) is 5.74. The number of carbonyl (C=O) groups excluding carboxylic acids is 3. The van der Waals surface area contributed by atoms with Crippen LogP contribution in [0.15, 0.2) is 53.9 Å². The number of aromatic nitrogens is 1. The molecule has 2 aliphatic heterocycles. The Morgan fingerprint density at radius 3 is 2.68 bits per heavy atom. The molecule has 9 nitrogen and oxygen atoms in total. The summed E-state index contributed by atoms with van der Waals surface area (Å²) >= 11 is 0. The summed E-state index contributed by atoms with van der Waals surface area (Å²) in [5.41, 5.74) is -0.573. The molecule has 1 aromatic rings. The first-order valence-corrected chi connectivity index (χ1v) is 9.38. The maximum Gasteiger partial charge on any atom is 1.00 e. The van der Waals surface area contributed by atoms with Gasteiger partial charge in [0, 0.05) is 17.8 Å². The maximum atomic E-state index is 12.6. The van der Waals surface area contributed by atoms with Gasteiger partial charge in [0.1, 0.15) is 6.61 Å². The van der Waals surface area contributed by atoms with Crippen molar-refractivity contribution >= 4 is 33.8 Å². The Kier molecular flexibility index (Phi) is 6.60. The summed E-state index contributed by atoms with van der Waals surface area (Å²) < 4.78 is 30.0. The Hall–Kier alpha value is -2.27. The topological polar surface area (TPSA) is 134 Å². The molecule has 3 rings (SSSR count). The molecule has 1 unspecified atom stereocenters. The number of carboxylic acid groups (broad SMARTS) is 1. The van der Waals surface area contributed by atoms with Crippen molar-refractivity contribution in [1.82, 2.24) is 9.88 Å². The number of amides is 1. The third-order valence-corrected chi connectivity index (χ3v) is 5.89. The van der Waals surface area contributed by atoms with Crippen LogP contribution in [0.1, 0.15) is 5.69 Å². The third kappa shape index (κ3) is 3.95. The molecule has 0 saturated carbocycles. The van der Waals surface area contributed by atoms with Crippen LogP contribution in [0.2, 0.25) is 0 Å². The Morgan fingerprint density at radius 1 is 1.39 bits per heavy atom. The minimum Gasteiger partial charge on any atom is -0.543 e. The number of hydrogen-bond donors (Lipinski definition) is 0. The Balaban J connectivity index is 0.00000280. The standard InChI is InChI=1S/C17H14N2O7S.Na/c1-2-13(20)26-8-10-9-27(24,25)16-12(7-11-5-3-4-6-18-11)15(21)19(16)14(10)17(22)23;/h2-7,16H,1,8-9H2,(H,22,23);/q;+1/p-1/b12-7-;. The minimum absolute atomic E-state index is 0. The van der Waals surface area contributed by atoms with Crippen molar-refractivity contribution in [2.75, 3.05) is 12.4 Å². The molecule has 1 saturated heterocycles. The fraction of sp³-hybridized carbons (Fsp3) is 0.176. The van der Waals surface area contributed by atoms with Gasteiger partial charge in [0.2, 0.25) is 0 Å². The van der Waals surface area contributed by atoms with Gasteiger partial charge >= 0.3 is 35.5 Å². The van der Waals surface area contributed by atoms with E-state index in [1.54, 1.807) is 18.2 Å². The van der Waals surface area contributed by atoms with Gasteiger partial charge in [0.25, 0.3) is 5.91 Å². The molecule has 0 aromatic carbocycles. The fourth-order valence-corrected chi connectivity index (χ4v) is 4.82. The van der Waals surface area contributed by atoms with Crippen LogP contribution in [0.4, 0.5) is 0 Å². The van der Waals surface area contributed by atoms with Gasteiger partial charge in [-0.05, 0) is 18.2 Å². The average molecular weight is 412 g/mol. The van der Waals surface area contributed by atoms with E-state index in [1.807, 2.05) is 0 Å². The zero-order chi connectivity index (χ0) is 19.8. The molecular formula is C17H13N2NaO7S. The van der Waals surface area contributed by atoms with E-state index < -0.39 is 51.1 Å². The largest absolute Gasteiger partial charge is 1.00 e. The molecule has 0 aliphatic carbocycles. The van der Waals surface area contributed by atoms with Crippen molar-refractivity contribution in [3.63, 3.8) is 0 Å². The van der Waals surface area contributed by atoms with Crippen molar-refractivity contribution in [1.29, 1.82) is 0 Å². The van der Waals surface area contributed by atoms with E-state index in [4.69, 9.17) is 4.74 Å². The Morgan fingerprint density at radius 2 is 2.11 bits per heavy atom. The number of carbonyl (C=O) groups is 3. The van der Waals surface area contributed by atoms with Crippen molar-refractivity contribution in [2.45, 2.75) is 5.37 Å². The number of nitrogens with zero attached hydrogens (tertiary/aromatic N) is 2. The van der Waals surface area contributed by atoms with Crippen molar-refractivity contribution in [3.05, 3.63) is 59.6 Å². The molecular weight excluding hydrogens is 399 g/mol. The summed E-state index contributed by atoms with van der Waals surface area (Å²) in [6.45, 7) is 2.58. The average Bonchev–Trinajstić information content (AvgIpc) is 2.63. The summed E-state index contributed by atoms with van der Waals surface area (Å²) in [5, 5.41) is 10.1. The van der Waals surface area contributed by atoms with Gasteiger partial charge in [-0.15, -0.1) is 0 Å². The number of sulfone groups is 1. The molecule has 0 N–H and O–H groups in total. The predicted molar refractivity (Wildman–Crippen MR) is 89.8 cm³/mol. The molecule has 1 amide bonds. The first-order chi connectivity index (χ1) is 12.8. The van der Waals surface area contributed by atoms with Crippen LogP contribution in [0.5, 0.6) is 0 Å². The normalized spacial score (nSPS) is 21.3. The maximum absolute atomic E-state index is 12.6. The molecule has 3 heterocycles. The number of rotatable bonds is 5. The fourth-order valence-electron chi connectivity index (χ4n) is 2.88. The molecule has 1 atom stereocenters. The van der Waals surface area contributed by atoms with Gasteiger partial charge in [0.05, 0.1) is 28.7 Å². The molecule has 140 valence electrons. The van der Waals surface area contributed by atoms with E-state index in [0.717, 1.165) is 6.08 Å². The third-order valence-electron chi connectivity index (χ3n) is 4.00. The zero-order valence-corrected chi connectivity index (χ0v) is 17.6. The van der Waals surface area contributed by atoms with Crippen LogP contribution in [0, 0.1) is 0 Å². The molecule has 0 radical (unpaired) electrons. The number of pyridine rings is 1. The number of fused-ring (bicyclic) bond motifs is 1. The van der Waals surface area contributed by atoms with E-state index in [-0.39, 0.29) is 40.7 Å². The van der Waals surface area contributed by atoms with E-state index >= 15 is 0 Å². The summed E-state index contributed by atoms with van der Waals surface area (Å²) in [4.78, 5) is 39.8. The summed E-state index contributed by atoms with van der Waals surface area (Å²) in [6, 6.07) is 4.89. The number of esters is 1. The number of aliphatic carboxylic acids is 1. The smallest absolute Gasteiger partial charge is 0.543 e. The first kappa shape index (κ1) is 22.0. The second kappa shape index (κ2) is 8.39. The van der Waals surface area contributed by atoms with Gasteiger partial charge in [-0.25, -0.2) is 13.2 Å². The SMILES string of the molecule is C=CC(=O)OCC1=C(C(=O)[O-])N2C(=O)/C(=C/c3ccccn3)C2S(=O)(=O)C1.[Na+]. The van der Waals surface area contributed by atoms with Gasteiger partial charge in [-0.2, -0.15) is 0 Å². The molecule has 0 spiro atoms. The summed E-state index contributed by atoms with van der Waals surface area (Å²) in [5.74, 6) is -4.06. The van der Waals surface area contributed by atoms with Crippen LogP contribution in [0.3, 0.4) is 0 Å². The summed E-state index contributed by atoms with van der Waals surface area (Å²) in [7, 11) is -3.95. The monoisotopic (exact) mass is 412 g/mol. The van der Waals surface area contributed by atoms with Gasteiger partial charge < -0.3 is 14.6 Å². The Bertz CT molecular complexity index is 1020. The second-order valence-corrected chi connectivity index (χ2v) is 7.80. The quantitative estimate of drug-likeness (QED) is 0.206. The number of hydrogen-bond acceptors (Lipinski definition) is 8. The molecule has 28 heavy (non-hydrogen) atoms. The van der Waals surface area contributed by atoms with Gasteiger partial charge in [-0.1, -0.05) is 12.6 Å². The summed E-state index contributed by atoms with van der Waals surface area (Å²) in [6.07, 6.45) is 3.62. The molecule has 1 fully saturated rings. The van der Waals surface area contributed by atoms with Gasteiger partial charge in [0.15, 0.2) is 15.2 Å². The van der Waals surface area contributed by atoms with E-state index in [1.165, 1.54) is 12.3 Å². The number of carboxylic acids is 1. The molecule has 1 aromatic heterocycles. The first-order valence-electron chi connectivity index (χ1n) is 7.66. The van der Waals surface area contributed by atoms with Gasteiger partial charge in [-0.3, -0.25) is 14.7 Å². The van der Waals surface area contributed by atoms with E-state index in [9.17, 15) is 27.9 Å².